The largest absolute Gasteiger partial charge is 0.492 e. The molecular formula is C24H22BrN3O3S. The van der Waals surface area contributed by atoms with Crippen molar-refractivity contribution in [3.63, 3.8) is 0 Å². The van der Waals surface area contributed by atoms with Gasteiger partial charge in [-0.05, 0) is 43.2 Å². The summed E-state index contributed by atoms with van der Waals surface area (Å²) in [4.78, 5) is 32.4. The molecule has 0 fully saturated rings. The average molecular weight is 512 g/mol. The van der Waals surface area contributed by atoms with Crippen LogP contribution in [0.4, 0.5) is 5.69 Å². The number of thiophene rings is 1. The van der Waals surface area contributed by atoms with Crippen molar-refractivity contribution in [2.75, 3.05) is 11.9 Å². The van der Waals surface area contributed by atoms with E-state index in [-0.39, 0.29) is 18.0 Å². The van der Waals surface area contributed by atoms with E-state index in [2.05, 4.69) is 33.2 Å². The second-order valence-corrected chi connectivity index (χ2v) is 9.10. The number of benzene rings is 2. The zero-order valence-corrected chi connectivity index (χ0v) is 20.1. The number of aryl methyl sites for hydroxylation is 1. The number of aromatic nitrogens is 2. The summed E-state index contributed by atoms with van der Waals surface area (Å²) in [6.45, 7) is 4.30. The SMILES string of the molecule is CCOc1ccccc1NC(=O)Cn1cnc2sc(CC)c(-c3ccc(Br)cc3)c2c1=O. The van der Waals surface area contributed by atoms with E-state index in [9.17, 15) is 9.59 Å². The summed E-state index contributed by atoms with van der Waals surface area (Å²) in [7, 11) is 0. The van der Waals surface area contributed by atoms with Gasteiger partial charge in [0.2, 0.25) is 5.91 Å². The predicted molar refractivity (Wildman–Crippen MR) is 133 cm³/mol. The molecule has 4 aromatic rings. The number of para-hydroxylation sites is 2. The molecule has 2 aromatic carbocycles. The minimum absolute atomic E-state index is 0.140. The lowest BCUT2D eigenvalue weighted by Gasteiger charge is -2.12. The van der Waals surface area contributed by atoms with Crippen LogP contribution in [0.1, 0.15) is 18.7 Å². The number of hydrogen-bond acceptors (Lipinski definition) is 5. The fourth-order valence-corrected chi connectivity index (χ4v) is 4.91. The van der Waals surface area contributed by atoms with Gasteiger partial charge in [-0.25, -0.2) is 4.98 Å². The van der Waals surface area contributed by atoms with E-state index in [4.69, 9.17) is 4.74 Å². The van der Waals surface area contributed by atoms with Crippen LogP contribution in [0.5, 0.6) is 5.75 Å². The highest BCUT2D eigenvalue weighted by molar-refractivity contribution is 9.10. The molecule has 0 saturated carbocycles. The van der Waals surface area contributed by atoms with Gasteiger partial charge in [-0.3, -0.25) is 14.2 Å². The summed E-state index contributed by atoms with van der Waals surface area (Å²) in [6, 6.07) is 15.1. The Morgan fingerprint density at radius 2 is 1.91 bits per heavy atom. The van der Waals surface area contributed by atoms with Gasteiger partial charge in [0, 0.05) is 14.9 Å². The topological polar surface area (TPSA) is 73.2 Å². The molecule has 8 heteroatoms. The monoisotopic (exact) mass is 511 g/mol. The molecule has 0 atom stereocenters. The van der Waals surface area contributed by atoms with Crippen LogP contribution in [0.3, 0.4) is 0 Å². The third-order valence-electron chi connectivity index (χ3n) is 4.98. The molecule has 32 heavy (non-hydrogen) atoms. The van der Waals surface area contributed by atoms with Gasteiger partial charge in [0.25, 0.3) is 5.56 Å². The van der Waals surface area contributed by atoms with Crippen molar-refractivity contribution in [3.8, 4) is 16.9 Å². The standard InChI is InChI=1S/C24H22BrN3O3S/c1-3-19-21(15-9-11-16(25)12-10-15)22-23(32-19)26-14-28(24(22)30)13-20(29)27-17-7-5-6-8-18(17)31-4-2/h5-12,14H,3-4,13H2,1-2H3,(H,27,29). The second kappa shape index (κ2) is 9.67. The first-order chi connectivity index (χ1) is 15.5. The Hall–Kier alpha value is -2.97. The Kier molecular flexibility index (Phi) is 6.72. The van der Waals surface area contributed by atoms with Gasteiger partial charge >= 0.3 is 0 Å². The summed E-state index contributed by atoms with van der Waals surface area (Å²) in [5.41, 5.74) is 2.20. The molecule has 2 heterocycles. The number of rotatable bonds is 7. The van der Waals surface area contributed by atoms with Crippen LogP contribution in [-0.4, -0.2) is 22.1 Å². The number of hydrogen-bond donors (Lipinski definition) is 1. The molecule has 1 N–H and O–H groups in total. The quantitative estimate of drug-likeness (QED) is 0.356. The molecule has 4 rings (SSSR count). The molecule has 0 aliphatic heterocycles. The second-order valence-electron chi connectivity index (χ2n) is 7.10. The maximum absolute atomic E-state index is 13.4. The number of nitrogens with one attached hydrogen (secondary N) is 1. The number of carbonyl (C=O) groups is 1. The molecule has 1 amide bonds. The Labute approximate surface area is 198 Å². The fourth-order valence-electron chi connectivity index (χ4n) is 3.55. The zero-order valence-electron chi connectivity index (χ0n) is 17.7. The molecule has 0 saturated heterocycles. The summed E-state index contributed by atoms with van der Waals surface area (Å²) in [5, 5.41) is 3.39. The maximum atomic E-state index is 13.4. The molecule has 0 unspecified atom stereocenters. The van der Waals surface area contributed by atoms with E-state index in [0.29, 0.717) is 28.3 Å². The molecule has 0 bridgehead atoms. The maximum Gasteiger partial charge on any atom is 0.263 e. The lowest BCUT2D eigenvalue weighted by atomic mass is 10.0. The summed E-state index contributed by atoms with van der Waals surface area (Å²) in [6.07, 6.45) is 2.24. The van der Waals surface area contributed by atoms with Crippen LogP contribution in [0.15, 0.2) is 64.1 Å². The van der Waals surface area contributed by atoms with E-state index < -0.39 is 0 Å². The first-order valence-corrected chi connectivity index (χ1v) is 11.9. The van der Waals surface area contributed by atoms with Crippen LogP contribution in [-0.2, 0) is 17.8 Å². The third kappa shape index (κ3) is 4.47. The summed E-state index contributed by atoms with van der Waals surface area (Å²) < 4.78 is 7.89. The molecule has 0 aliphatic carbocycles. The summed E-state index contributed by atoms with van der Waals surface area (Å²) >= 11 is 4.98. The Balaban J connectivity index is 1.69. The van der Waals surface area contributed by atoms with Crippen molar-refractivity contribution in [1.29, 1.82) is 0 Å². The Morgan fingerprint density at radius 3 is 2.62 bits per heavy atom. The van der Waals surface area contributed by atoms with Crippen molar-refractivity contribution in [3.05, 3.63) is 74.6 Å². The lowest BCUT2D eigenvalue weighted by molar-refractivity contribution is -0.116. The third-order valence-corrected chi connectivity index (χ3v) is 6.75. The van der Waals surface area contributed by atoms with Gasteiger partial charge in [0.15, 0.2) is 0 Å². The number of carbonyl (C=O) groups excluding carboxylic acids is 1. The Bertz CT molecular complexity index is 1330. The van der Waals surface area contributed by atoms with Crippen molar-refractivity contribution < 1.29 is 9.53 Å². The van der Waals surface area contributed by atoms with E-state index in [1.54, 1.807) is 12.1 Å². The van der Waals surface area contributed by atoms with Crippen LogP contribution >= 0.6 is 27.3 Å². The molecule has 6 nitrogen and oxygen atoms in total. The number of anilines is 1. The number of nitrogens with zero attached hydrogens (tertiary/aromatic N) is 2. The van der Waals surface area contributed by atoms with Crippen LogP contribution in [0.25, 0.3) is 21.3 Å². The minimum Gasteiger partial charge on any atom is -0.492 e. The Morgan fingerprint density at radius 1 is 1.16 bits per heavy atom. The lowest BCUT2D eigenvalue weighted by Crippen LogP contribution is -2.28. The van der Waals surface area contributed by atoms with Crippen molar-refractivity contribution in [2.24, 2.45) is 0 Å². The fraction of sp³-hybridized carbons (Fsp3) is 0.208. The summed E-state index contributed by atoms with van der Waals surface area (Å²) in [5.74, 6) is 0.267. The molecular weight excluding hydrogens is 490 g/mol. The molecule has 164 valence electrons. The zero-order chi connectivity index (χ0) is 22.7. The molecule has 0 aliphatic rings. The van der Waals surface area contributed by atoms with Gasteiger partial charge in [0.05, 0.1) is 24.0 Å². The number of fused-ring (bicyclic) bond motifs is 1. The highest BCUT2D eigenvalue weighted by atomic mass is 79.9. The van der Waals surface area contributed by atoms with Crippen molar-refractivity contribution in [2.45, 2.75) is 26.8 Å². The molecule has 2 aromatic heterocycles. The van der Waals surface area contributed by atoms with Crippen molar-refractivity contribution in [1.82, 2.24) is 9.55 Å². The highest BCUT2D eigenvalue weighted by Crippen LogP contribution is 2.36. The number of ether oxygens (including phenoxy) is 1. The normalized spacial score (nSPS) is 11.0. The highest BCUT2D eigenvalue weighted by Gasteiger charge is 2.19. The van der Waals surface area contributed by atoms with Crippen molar-refractivity contribution >= 4 is 49.1 Å². The van der Waals surface area contributed by atoms with Gasteiger partial charge in [-0.1, -0.05) is 47.1 Å². The predicted octanol–water partition coefficient (Wildman–Crippen LogP) is 5.49. The number of amides is 1. The van der Waals surface area contributed by atoms with Crippen LogP contribution in [0.2, 0.25) is 0 Å². The molecule has 0 spiro atoms. The van der Waals surface area contributed by atoms with Gasteiger partial charge < -0.3 is 10.1 Å². The van der Waals surface area contributed by atoms with E-state index in [1.165, 1.54) is 22.2 Å². The number of halogens is 1. The first-order valence-electron chi connectivity index (χ1n) is 10.3. The average Bonchev–Trinajstić information content (AvgIpc) is 3.17. The van der Waals surface area contributed by atoms with Gasteiger partial charge in [-0.2, -0.15) is 0 Å². The minimum atomic E-state index is -0.323. The van der Waals surface area contributed by atoms with Crippen LogP contribution in [0, 0.1) is 0 Å². The van der Waals surface area contributed by atoms with E-state index >= 15 is 0 Å². The molecule has 0 radical (unpaired) electrons. The van der Waals surface area contributed by atoms with E-state index in [1.807, 2.05) is 43.3 Å². The smallest absolute Gasteiger partial charge is 0.263 e. The first kappa shape index (κ1) is 22.2. The van der Waals surface area contributed by atoms with E-state index in [0.717, 1.165) is 26.9 Å². The van der Waals surface area contributed by atoms with Crippen LogP contribution < -0.4 is 15.6 Å². The van der Waals surface area contributed by atoms with Gasteiger partial charge in [-0.15, -0.1) is 11.3 Å². The van der Waals surface area contributed by atoms with Gasteiger partial charge in [0.1, 0.15) is 17.1 Å².